The van der Waals surface area contributed by atoms with E-state index in [2.05, 4.69) is 11.1 Å². The van der Waals surface area contributed by atoms with Gasteiger partial charge in [0.1, 0.15) is 11.9 Å². The summed E-state index contributed by atoms with van der Waals surface area (Å²) in [4.78, 5) is 4.48. The van der Waals surface area contributed by atoms with E-state index in [1.807, 2.05) is 28.8 Å². The monoisotopic (exact) mass is 301 g/mol. The van der Waals surface area contributed by atoms with Crippen LogP contribution in [-0.4, -0.2) is 9.55 Å². The van der Waals surface area contributed by atoms with Crippen molar-refractivity contribution in [2.45, 2.75) is 5.88 Å². The van der Waals surface area contributed by atoms with Gasteiger partial charge in [0, 0.05) is 5.02 Å². The summed E-state index contributed by atoms with van der Waals surface area (Å²) >= 11 is 12.0. The smallest absolute Gasteiger partial charge is 0.129 e. The zero-order chi connectivity index (χ0) is 14.1. The molecule has 1 aromatic heterocycles. The molecular formula is C15H9Cl2N3. The second kappa shape index (κ2) is 5.16. The first-order valence-corrected chi connectivity index (χ1v) is 6.88. The summed E-state index contributed by atoms with van der Waals surface area (Å²) in [6.45, 7) is 0. The second-order valence-corrected chi connectivity index (χ2v) is 4.96. The van der Waals surface area contributed by atoms with Crippen molar-refractivity contribution in [1.82, 2.24) is 9.55 Å². The summed E-state index contributed by atoms with van der Waals surface area (Å²) in [5.41, 5.74) is 3.00. The van der Waals surface area contributed by atoms with Crippen LogP contribution in [0.2, 0.25) is 5.02 Å². The highest BCUT2D eigenvalue weighted by Gasteiger charge is 2.14. The third-order valence-corrected chi connectivity index (χ3v) is 3.55. The third kappa shape index (κ3) is 2.03. The van der Waals surface area contributed by atoms with E-state index in [-0.39, 0.29) is 5.88 Å². The van der Waals surface area contributed by atoms with Gasteiger partial charge in [0.2, 0.25) is 0 Å². The van der Waals surface area contributed by atoms with Gasteiger partial charge in [-0.1, -0.05) is 23.7 Å². The minimum atomic E-state index is 0.256. The van der Waals surface area contributed by atoms with Gasteiger partial charge in [-0.2, -0.15) is 5.26 Å². The summed E-state index contributed by atoms with van der Waals surface area (Å²) in [6, 6.07) is 15.0. The van der Waals surface area contributed by atoms with Crippen LogP contribution < -0.4 is 0 Å². The molecule has 0 aliphatic rings. The average molecular weight is 302 g/mol. The fourth-order valence-corrected chi connectivity index (χ4v) is 2.57. The van der Waals surface area contributed by atoms with Crippen LogP contribution in [0.15, 0.2) is 42.5 Å². The number of hydrogen-bond donors (Lipinski definition) is 0. The number of nitriles is 1. The summed E-state index contributed by atoms with van der Waals surface area (Å²) in [5.74, 6) is 0.943. The maximum atomic E-state index is 9.26. The van der Waals surface area contributed by atoms with Gasteiger partial charge >= 0.3 is 0 Å². The molecule has 0 N–H and O–H groups in total. The third-order valence-electron chi connectivity index (χ3n) is 3.07. The Morgan fingerprint density at radius 2 is 2.00 bits per heavy atom. The molecule has 2 aromatic carbocycles. The Morgan fingerprint density at radius 3 is 2.75 bits per heavy atom. The first kappa shape index (κ1) is 13.0. The van der Waals surface area contributed by atoms with E-state index in [9.17, 15) is 5.26 Å². The zero-order valence-electron chi connectivity index (χ0n) is 10.3. The van der Waals surface area contributed by atoms with E-state index in [4.69, 9.17) is 23.2 Å². The van der Waals surface area contributed by atoms with Crippen LogP contribution in [0.1, 0.15) is 11.4 Å². The van der Waals surface area contributed by atoms with E-state index in [1.54, 1.807) is 18.2 Å². The van der Waals surface area contributed by atoms with Crippen molar-refractivity contribution in [2.75, 3.05) is 0 Å². The highest BCUT2D eigenvalue weighted by atomic mass is 35.5. The molecule has 20 heavy (non-hydrogen) atoms. The number of aromatic nitrogens is 2. The number of imidazole rings is 1. The molecular weight excluding hydrogens is 293 g/mol. The Hall–Kier alpha value is -2.02. The maximum Gasteiger partial charge on any atom is 0.129 e. The molecule has 0 saturated carbocycles. The SMILES string of the molecule is N#Cc1ccccc1-n1c(CCl)nc2cc(Cl)ccc21. The van der Waals surface area contributed by atoms with Crippen LogP contribution in [0.5, 0.6) is 0 Å². The topological polar surface area (TPSA) is 41.6 Å². The lowest BCUT2D eigenvalue weighted by Gasteiger charge is -2.09. The Labute approximate surface area is 126 Å². The van der Waals surface area contributed by atoms with Gasteiger partial charge in [0.25, 0.3) is 0 Å². The van der Waals surface area contributed by atoms with Crippen molar-refractivity contribution >= 4 is 34.2 Å². The first-order chi connectivity index (χ1) is 9.74. The fourth-order valence-electron chi connectivity index (χ4n) is 2.22. The lowest BCUT2D eigenvalue weighted by Crippen LogP contribution is -2.01. The molecule has 0 aliphatic carbocycles. The predicted molar refractivity (Wildman–Crippen MR) is 80.4 cm³/mol. The highest BCUT2D eigenvalue weighted by molar-refractivity contribution is 6.31. The molecule has 0 aliphatic heterocycles. The number of fused-ring (bicyclic) bond motifs is 1. The number of nitrogens with zero attached hydrogens (tertiary/aromatic N) is 3. The van der Waals surface area contributed by atoms with E-state index in [0.717, 1.165) is 16.7 Å². The maximum absolute atomic E-state index is 9.26. The number of rotatable bonds is 2. The largest absolute Gasteiger partial charge is 0.294 e. The molecule has 0 fully saturated rings. The molecule has 3 rings (SSSR count). The molecule has 5 heteroatoms. The summed E-state index contributed by atoms with van der Waals surface area (Å²) < 4.78 is 1.90. The Balaban J connectivity index is 2.38. The Bertz CT molecular complexity index is 831. The van der Waals surface area contributed by atoms with Crippen LogP contribution >= 0.6 is 23.2 Å². The molecule has 3 nitrogen and oxygen atoms in total. The lowest BCUT2D eigenvalue weighted by atomic mass is 10.2. The molecule has 0 atom stereocenters. The predicted octanol–water partition coefficient (Wildman–Crippen LogP) is 4.29. The summed E-state index contributed by atoms with van der Waals surface area (Å²) in [7, 11) is 0. The van der Waals surface area contributed by atoms with Crippen LogP contribution in [0, 0.1) is 11.3 Å². The van der Waals surface area contributed by atoms with Gasteiger partial charge < -0.3 is 0 Å². The van der Waals surface area contributed by atoms with Crippen molar-refractivity contribution in [3.05, 3.63) is 58.9 Å². The molecule has 3 aromatic rings. The van der Waals surface area contributed by atoms with Crippen molar-refractivity contribution in [3.8, 4) is 11.8 Å². The highest BCUT2D eigenvalue weighted by Crippen LogP contribution is 2.26. The van der Waals surface area contributed by atoms with Crippen molar-refractivity contribution < 1.29 is 0 Å². The Morgan fingerprint density at radius 1 is 1.20 bits per heavy atom. The van der Waals surface area contributed by atoms with Crippen LogP contribution in [0.25, 0.3) is 16.7 Å². The molecule has 0 saturated heterocycles. The normalized spacial score (nSPS) is 10.7. The number of hydrogen-bond acceptors (Lipinski definition) is 2. The van der Waals surface area contributed by atoms with Gasteiger partial charge in [-0.3, -0.25) is 4.57 Å². The van der Waals surface area contributed by atoms with Gasteiger partial charge in [-0.25, -0.2) is 4.98 Å². The van der Waals surface area contributed by atoms with Crippen LogP contribution in [0.4, 0.5) is 0 Å². The minimum Gasteiger partial charge on any atom is -0.294 e. The molecule has 0 bridgehead atoms. The van der Waals surface area contributed by atoms with E-state index in [0.29, 0.717) is 16.4 Å². The molecule has 98 valence electrons. The van der Waals surface area contributed by atoms with Gasteiger partial charge in [0.15, 0.2) is 0 Å². The van der Waals surface area contributed by atoms with E-state index in [1.165, 1.54) is 0 Å². The van der Waals surface area contributed by atoms with Gasteiger partial charge in [-0.15, -0.1) is 11.6 Å². The van der Waals surface area contributed by atoms with Gasteiger partial charge in [-0.05, 0) is 30.3 Å². The first-order valence-electron chi connectivity index (χ1n) is 5.97. The lowest BCUT2D eigenvalue weighted by molar-refractivity contribution is 0.978. The summed E-state index contributed by atoms with van der Waals surface area (Å²) in [5, 5.41) is 9.88. The number of alkyl halides is 1. The van der Waals surface area contributed by atoms with Crippen molar-refractivity contribution in [3.63, 3.8) is 0 Å². The Kier molecular flexibility index (Phi) is 3.35. The quantitative estimate of drug-likeness (QED) is 0.663. The molecule has 0 unspecified atom stereocenters. The fraction of sp³-hybridized carbons (Fsp3) is 0.0667. The molecule has 0 amide bonds. The van der Waals surface area contributed by atoms with Gasteiger partial charge in [0.05, 0.1) is 28.2 Å². The van der Waals surface area contributed by atoms with Crippen LogP contribution in [-0.2, 0) is 5.88 Å². The second-order valence-electron chi connectivity index (χ2n) is 4.26. The minimum absolute atomic E-state index is 0.256. The molecule has 0 radical (unpaired) electrons. The van der Waals surface area contributed by atoms with E-state index >= 15 is 0 Å². The van der Waals surface area contributed by atoms with Crippen LogP contribution in [0.3, 0.4) is 0 Å². The van der Waals surface area contributed by atoms with Crippen molar-refractivity contribution in [1.29, 1.82) is 5.26 Å². The molecule has 0 spiro atoms. The number of benzene rings is 2. The van der Waals surface area contributed by atoms with E-state index < -0.39 is 0 Å². The number of para-hydroxylation sites is 1. The summed E-state index contributed by atoms with van der Waals surface area (Å²) in [6.07, 6.45) is 0. The standard InChI is InChI=1S/C15H9Cl2N3/c16-8-15-19-12-7-11(17)5-6-14(12)20(15)13-4-2-1-3-10(13)9-18/h1-7H,8H2. The molecule has 1 heterocycles. The van der Waals surface area contributed by atoms with Crippen molar-refractivity contribution in [2.24, 2.45) is 0 Å². The average Bonchev–Trinajstić information content (AvgIpc) is 2.84. The number of halogens is 2. The zero-order valence-corrected chi connectivity index (χ0v) is 11.9.